The molecule has 2 N–H and O–H groups in total. The summed E-state index contributed by atoms with van der Waals surface area (Å²) in [5.41, 5.74) is 5.47. The maximum Gasteiger partial charge on any atom is 0.333 e. The summed E-state index contributed by atoms with van der Waals surface area (Å²) in [5.74, 6) is -0.886. The smallest absolute Gasteiger partial charge is 0.333 e. The van der Waals surface area contributed by atoms with E-state index < -0.39 is 17.6 Å². The first kappa shape index (κ1) is 46.9. The Labute approximate surface area is 301 Å². The van der Waals surface area contributed by atoms with Crippen molar-refractivity contribution in [2.45, 2.75) is 252 Å². The highest BCUT2D eigenvalue weighted by molar-refractivity contribution is 6.01. The van der Waals surface area contributed by atoms with Gasteiger partial charge in [-0.05, 0) is 33.6 Å². The van der Waals surface area contributed by atoms with Gasteiger partial charge in [-0.2, -0.15) is 0 Å². The summed E-state index contributed by atoms with van der Waals surface area (Å²) in [6.45, 7) is 11.4. The highest BCUT2D eigenvalue weighted by Crippen LogP contribution is 2.16. The van der Waals surface area contributed by atoms with E-state index in [4.69, 9.17) is 10.5 Å². The van der Waals surface area contributed by atoms with Crippen LogP contribution in [0.1, 0.15) is 240 Å². The summed E-state index contributed by atoms with van der Waals surface area (Å²) in [7, 11) is 0. The number of carbonyl (C=O) groups excluding carboxylic acids is 2. The Balaban J connectivity index is 4.13. The van der Waals surface area contributed by atoms with Crippen molar-refractivity contribution in [1.29, 1.82) is 0 Å². The molecule has 0 heterocycles. The Morgan fingerprint density at radius 2 is 0.688 bits per heavy atom. The predicted molar refractivity (Wildman–Crippen MR) is 209 cm³/mol. The van der Waals surface area contributed by atoms with Crippen molar-refractivity contribution in [3.05, 3.63) is 0 Å². The van der Waals surface area contributed by atoms with E-state index in [-0.39, 0.29) is 5.91 Å². The topological polar surface area (TPSA) is 72.6 Å². The fraction of sp³-hybridized carbons (Fsp3) is 0.953. The lowest BCUT2D eigenvalue weighted by atomic mass is 10.0. The fourth-order valence-electron chi connectivity index (χ4n) is 6.70. The first-order valence-corrected chi connectivity index (χ1v) is 21.5. The third kappa shape index (κ3) is 32.1. The molecule has 0 rings (SSSR count). The number of esters is 1. The lowest BCUT2D eigenvalue weighted by molar-refractivity contribution is -0.160. The normalized spacial score (nSPS) is 12.4. The van der Waals surface area contributed by atoms with E-state index in [1.54, 1.807) is 0 Å². The van der Waals surface area contributed by atoms with E-state index in [1.807, 2.05) is 25.7 Å². The van der Waals surface area contributed by atoms with Gasteiger partial charge in [0.05, 0.1) is 0 Å². The van der Waals surface area contributed by atoms with Gasteiger partial charge in [0.15, 0.2) is 6.04 Å². The molecule has 1 unspecified atom stereocenters. The van der Waals surface area contributed by atoms with Crippen LogP contribution in [0.15, 0.2) is 0 Å². The van der Waals surface area contributed by atoms with E-state index in [0.29, 0.717) is 13.1 Å². The van der Waals surface area contributed by atoms with Crippen molar-refractivity contribution in [1.82, 2.24) is 4.90 Å². The van der Waals surface area contributed by atoms with Gasteiger partial charge in [-0.3, -0.25) is 4.79 Å². The first-order valence-electron chi connectivity index (χ1n) is 21.5. The molecule has 0 radical (unpaired) electrons. The van der Waals surface area contributed by atoms with Crippen LogP contribution in [-0.2, 0) is 14.3 Å². The van der Waals surface area contributed by atoms with Crippen molar-refractivity contribution in [2.24, 2.45) is 5.73 Å². The van der Waals surface area contributed by atoms with Crippen molar-refractivity contribution < 1.29 is 14.3 Å². The summed E-state index contributed by atoms with van der Waals surface area (Å²) >= 11 is 0. The summed E-state index contributed by atoms with van der Waals surface area (Å²) in [6, 6.07) is -1.23. The molecular formula is C43H86N2O3. The van der Waals surface area contributed by atoms with Gasteiger partial charge in [-0.25, -0.2) is 4.79 Å². The van der Waals surface area contributed by atoms with Crippen LogP contribution in [0.4, 0.5) is 0 Å². The zero-order valence-corrected chi connectivity index (χ0v) is 33.4. The van der Waals surface area contributed by atoms with Gasteiger partial charge in [0.25, 0.3) is 5.91 Å². The van der Waals surface area contributed by atoms with Gasteiger partial charge >= 0.3 is 5.97 Å². The minimum atomic E-state index is -1.23. The molecule has 0 bridgehead atoms. The highest BCUT2D eigenvalue weighted by atomic mass is 16.6. The Kier molecular flexibility index (Phi) is 33.6. The van der Waals surface area contributed by atoms with Crippen LogP contribution in [0, 0.1) is 0 Å². The first-order chi connectivity index (χ1) is 23.2. The zero-order valence-electron chi connectivity index (χ0n) is 33.4. The molecule has 5 heteroatoms. The number of hydrogen-bond acceptors (Lipinski definition) is 4. The van der Waals surface area contributed by atoms with Crippen LogP contribution in [0.2, 0.25) is 0 Å². The fourth-order valence-corrected chi connectivity index (χ4v) is 6.70. The number of amides is 1. The van der Waals surface area contributed by atoms with Crippen molar-refractivity contribution in [3.8, 4) is 0 Å². The third-order valence-electron chi connectivity index (χ3n) is 9.80. The van der Waals surface area contributed by atoms with Crippen LogP contribution < -0.4 is 5.73 Å². The quantitative estimate of drug-likeness (QED) is 0.0407. The van der Waals surface area contributed by atoms with Gasteiger partial charge in [0.2, 0.25) is 0 Å². The molecule has 5 nitrogen and oxygen atoms in total. The Hall–Kier alpha value is -1.10. The number of ether oxygens (including phenoxy) is 1. The average molecular weight is 679 g/mol. The average Bonchev–Trinajstić information content (AvgIpc) is 3.05. The number of nitrogens with zero attached hydrogens (tertiary/aromatic N) is 1. The Morgan fingerprint density at radius 1 is 0.458 bits per heavy atom. The van der Waals surface area contributed by atoms with E-state index in [9.17, 15) is 9.59 Å². The van der Waals surface area contributed by atoms with Gasteiger partial charge < -0.3 is 15.4 Å². The largest absolute Gasteiger partial charge is 0.458 e. The maximum atomic E-state index is 13.3. The number of unbranched alkanes of at least 4 members (excludes halogenated alkanes) is 30. The highest BCUT2D eigenvalue weighted by Gasteiger charge is 2.31. The molecule has 286 valence electrons. The van der Waals surface area contributed by atoms with E-state index in [0.717, 1.165) is 25.7 Å². The zero-order chi connectivity index (χ0) is 35.6. The summed E-state index contributed by atoms with van der Waals surface area (Å²) in [6.07, 6.45) is 42.6. The SMILES string of the molecule is CCCCCCCCCCCCCCCCCCN(CCCCCCCCCCCCCCCCCC)C(=O)C(N)C(=O)OC(C)(C)C. The molecule has 0 aliphatic rings. The molecule has 0 saturated carbocycles. The van der Waals surface area contributed by atoms with Crippen LogP contribution >= 0.6 is 0 Å². The predicted octanol–water partition coefficient (Wildman–Crippen LogP) is 13.0. The molecule has 0 aromatic heterocycles. The van der Waals surface area contributed by atoms with E-state index >= 15 is 0 Å². The van der Waals surface area contributed by atoms with Crippen molar-refractivity contribution in [2.75, 3.05) is 13.1 Å². The number of rotatable bonds is 36. The summed E-state index contributed by atoms with van der Waals surface area (Å²) in [5, 5.41) is 0. The van der Waals surface area contributed by atoms with Gasteiger partial charge in [-0.15, -0.1) is 0 Å². The summed E-state index contributed by atoms with van der Waals surface area (Å²) in [4.78, 5) is 27.7. The van der Waals surface area contributed by atoms with Crippen LogP contribution in [0.3, 0.4) is 0 Å². The van der Waals surface area contributed by atoms with Crippen LogP contribution in [-0.4, -0.2) is 41.5 Å². The number of nitrogens with two attached hydrogens (primary N) is 1. The number of hydrogen-bond donors (Lipinski definition) is 1. The van der Waals surface area contributed by atoms with E-state index in [2.05, 4.69) is 13.8 Å². The molecule has 0 spiro atoms. The van der Waals surface area contributed by atoms with Gasteiger partial charge in [-0.1, -0.05) is 206 Å². The molecule has 0 aliphatic carbocycles. The van der Waals surface area contributed by atoms with Crippen molar-refractivity contribution >= 4 is 11.9 Å². The van der Waals surface area contributed by atoms with Gasteiger partial charge in [0.1, 0.15) is 5.60 Å². The molecular weight excluding hydrogens is 592 g/mol. The van der Waals surface area contributed by atoms with E-state index in [1.165, 1.54) is 180 Å². The number of carbonyl (C=O) groups is 2. The maximum absolute atomic E-state index is 13.3. The Bertz CT molecular complexity index is 669. The monoisotopic (exact) mass is 679 g/mol. The lowest BCUT2D eigenvalue weighted by Gasteiger charge is -2.27. The second-order valence-electron chi connectivity index (χ2n) is 15.9. The van der Waals surface area contributed by atoms with Crippen LogP contribution in [0.25, 0.3) is 0 Å². The molecule has 1 atom stereocenters. The molecule has 0 saturated heterocycles. The second-order valence-corrected chi connectivity index (χ2v) is 15.9. The molecule has 0 aromatic carbocycles. The van der Waals surface area contributed by atoms with Gasteiger partial charge in [0, 0.05) is 13.1 Å². The molecule has 0 aliphatic heterocycles. The minimum absolute atomic E-state index is 0.272. The third-order valence-corrected chi connectivity index (χ3v) is 9.80. The standard InChI is InChI=1S/C43H86N2O3/c1-6-8-10-12-14-16-18-20-22-24-26-28-30-32-34-36-38-45(41(46)40(44)42(47)48-43(3,4)5)39-37-35-33-31-29-27-25-23-21-19-17-15-13-11-9-7-2/h40H,6-39,44H2,1-5H3. The second kappa shape index (κ2) is 34.4. The minimum Gasteiger partial charge on any atom is -0.458 e. The molecule has 1 amide bonds. The molecule has 0 aromatic rings. The van der Waals surface area contributed by atoms with Crippen LogP contribution in [0.5, 0.6) is 0 Å². The van der Waals surface area contributed by atoms with Crippen molar-refractivity contribution in [3.63, 3.8) is 0 Å². The summed E-state index contributed by atoms with van der Waals surface area (Å²) < 4.78 is 5.43. The molecule has 0 fully saturated rings. The Morgan fingerprint density at radius 3 is 0.917 bits per heavy atom. The lowest BCUT2D eigenvalue weighted by Crippen LogP contribution is -2.50. The molecule has 48 heavy (non-hydrogen) atoms.